The van der Waals surface area contributed by atoms with Crippen LogP contribution >= 0.6 is 55.7 Å². The van der Waals surface area contributed by atoms with Crippen molar-refractivity contribution in [2.75, 3.05) is 5.32 Å². The maximum atomic E-state index is 14.0. The van der Waals surface area contributed by atoms with Gasteiger partial charge in [-0.25, -0.2) is 5.26 Å². The topological polar surface area (TPSA) is 238 Å². The summed E-state index contributed by atoms with van der Waals surface area (Å²) in [7, 11) is -4.60. The number of tetrazole rings is 1. The van der Waals surface area contributed by atoms with Gasteiger partial charge >= 0.3 is 0 Å². The lowest BCUT2D eigenvalue weighted by Crippen LogP contribution is -2.14. The Morgan fingerprint density at radius 1 is 0.947 bits per heavy atom. The number of phenols is 1. The predicted molar refractivity (Wildman–Crippen MR) is 215 cm³/mol. The van der Waals surface area contributed by atoms with Crippen molar-refractivity contribution in [1.82, 2.24) is 20.2 Å². The average Bonchev–Trinajstić information content (AvgIpc) is 3.67. The summed E-state index contributed by atoms with van der Waals surface area (Å²) in [6.45, 7) is 0. The van der Waals surface area contributed by atoms with Gasteiger partial charge in [-0.3, -0.25) is 19.5 Å². The number of nitro groups is 1. The van der Waals surface area contributed by atoms with Crippen molar-refractivity contribution in [3.63, 3.8) is 0 Å². The zero-order valence-corrected chi connectivity index (χ0v) is 33.9. The number of amides is 1. The molecule has 0 fully saturated rings. The van der Waals surface area contributed by atoms with Crippen molar-refractivity contribution < 1.29 is 47.2 Å². The van der Waals surface area contributed by atoms with Crippen LogP contribution in [-0.4, -0.2) is 54.4 Å². The van der Waals surface area contributed by atoms with Crippen LogP contribution in [0.5, 0.6) is 17.2 Å². The predicted octanol–water partition coefficient (Wildman–Crippen LogP) is 9.12. The summed E-state index contributed by atoms with van der Waals surface area (Å²) >= 11 is 8.18. The summed E-state index contributed by atoms with van der Waals surface area (Å²) in [5.74, 6) is -1.18. The number of ether oxygens (including phenoxy) is 1. The van der Waals surface area contributed by atoms with E-state index in [1.807, 2.05) is 30.3 Å². The van der Waals surface area contributed by atoms with Crippen LogP contribution in [0.15, 0.2) is 121 Å². The van der Waals surface area contributed by atoms with Crippen molar-refractivity contribution in [2.45, 2.75) is 20.7 Å². The molecule has 6 aromatic carbocycles. The number of anilines is 1. The minimum absolute atomic E-state index is 0.0307. The molecule has 0 aliphatic rings. The molecule has 0 radical (unpaired) electrons. The zero-order valence-electron chi connectivity index (χ0n) is 28.3. The van der Waals surface area contributed by atoms with Gasteiger partial charge in [0.1, 0.15) is 17.2 Å². The molecular weight excluding hydrogens is 936 g/mol. The molecule has 1 heterocycles. The maximum Gasteiger partial charge on any atom is 0.294 e. The van der Waals surface area contributed by atoms with E-state index in [4.69, 9.17) is 14.3 Å². The minimum atomic E-state index is -4.60. The second-order valence-corrected chi connectivity index (χ2v) is 16.5. The molecule has 0 bridgehead atoms. The second kappa shape index (κ2) is 16.7. The number of nitrogens with zero attached hydrogens (tertiary/aromatic N) is 5. The Morgan fingerprint density at radius 2 is 1.63 bits per heavy atom. The van der Waals surface area contributed by atoms with Crippen molar-refractivity contribution >= 4 is 105 Å². The van der Waals surface area contributed by atoms with Crippen LogP contribution in [0, 0.1) is 10.1 Å². The number of hydrogen-bond donors (Lipinski definition) is 4. The summed E-state index contributed by atoms with van der Waals surface area (Å²) in [6, 6.07) is 25.0. The number of thioether (sulfide) groups is 1. The van der Waals surface area contributed by atoms with E-state index in [1.165, 1.54) is 40.7 Å². The lowest BCUT2D eigenvalue weighted by molar-refractivity contribution is -0.432. The van der Waals surface area contributed by atoms with Crippen molar-refractivity contribution in [3.8, 4) is 22.9 Å². The average molecular weight is 959 g/mol. The first-order valence-electron chi connectivity index (χ1n) is 15.9. The Hall–Kier alpha value is -5.17. The number of nitrogens with one attached hydrogen (secondary N) is 1. The molecule has 7 aromatic rings. The second-order valence-electron chi connectivity index (χ2n) is 11.7. The van der Waals surface area contributed by atoms with Gasteiger partial charge in [0.15, 0.2) is 0 Å². The number of nitro benzene ring substituents is 1. The summed E-state index contributed by atoms with van der Waals surface area (Å²) in [5.41, 5.74) is 0.575. The van der Waals surface area contributed by atoms with Crippen LogP contribution in [0.2, 0.25) is 0 Å². The number of carbonyl (C=O) groups excluding carboxylic acids is 1. The highest BCUT2D eigenvalue weighted by molar-refractivity contribution is 9.11. The van der Waals surface area contributed by atoms with Crippen LogP contribution in [0.3, 0.4) is 0 Å². The maximum absolute atomic E-state index is 14.0. The minimum Gasteiger partial charge on any atom is -0.506 e. The van der Waals surface area contributed by atoms with Gasteiger partial charge in [0.05, 0.1) is 49.1 Å². The van der Waals surface area contributed by atoms with E-state index in [9.17, 15) is 33.0 Å². The van der Waals surface area contributed by atoms with E-state index in [-0.39, 0.29) is 64.2 Å². The highest BCUT2D eigenvalue weighted by Gasteiger charge is 2.27. The Labute approximate surface area is 346 Å². The lowest BCUT2D eigenvalue weighted by atomic mass is 10.0. The van der Waals surface area contributed by atoms with E-state index < -0.39 is 31.6 Å². The Morgan fingerprint density at radius 3 is 2.32 bits per heavy atom. The van der Waals surface area contributed by atoms with E-state index >= 15 is 0 Å². The molecule has 290 valence electrons. The van der Waals surface area contributed by atoms with Gasteiger partial charge in [-0.05, 0) is 84.8 Å². The highest BCUT2D eigenvalue weighted by atomic mass is 79.9. The van der Waals surface area contributed by atoms with E-state index in [0.717, 1.165) is 12.1 Å². The van der Waals surface area contributed by atoms with Gasteiger partial charge in [0.25, 0.3) is 21.7 Å². The number of aromatic nitrogens is 4. The number of aromatic hydroxyl groups is 1. The number of carbonyl (C=O) groups is 1. The molecule has 4 N–H and O–H groups in total. The van der Waals surface area contributed by atoms with Gasteiger partial charge in [-0.15, -0.1) is 9.43 Å². The molecule has 17 nitrogen and oxygen atoms in total. The van der Waals surface area contributed by atoms with Crippen LogP contribution in [0.4, 0.5) is 11.4 Å². The van der Waals surface area contributed by atoms with Crippen LogP contribution in [-0.2, 0) is 25.2 Å². The Bertz CT molecular complexity index is 2810. The molecule has 0 atom stereocenters. The Kier molecular flexibility index (Phi) is 11.8. The summed E-state index contributed by atoms with van der Waals surface area (Å²) in [6.07, 6.45) is 0. The molecule has 0 aliphatic carbocycles. The number of halogens is 2. The molecule has 0 aliphatic heterocycles. The fourth-order valence-corrected chi connectivity index (χ4v) is 9.40. The molecule has 0 unspecified atom stereocenters. The number of para-hydroxylation sites is 1. The summed E-state index contributed by atoms with van der Waals surface area (Å²) in [5, 5.41) is 52.7. The first kappa shape index (κ1) is 40.0. The lowest BCUT2D eigenvalue weighted by Gasteiger charge is -2.19. The van der Waals surface area contributed by atoms with Crippen LogP contribution in [0.1, 0.15) is 15.9 Å². The van der Waals surface area contributed by atoms with Crippen molar-refractivity contribution in [2.24, 2.45) is 0 Å². The molecule has 1 amide bonds. The van der Waals surface area contributed by atoms with Crippen molar-refractivity contribution in [3.05, 3.63) is 127 Å². The fourth-order valence-electron chi connectivity index (χ4n) is 5.79. The summed E-state index contributed by atoms with van der Waals surface area (Å²) in [4.78, 5) is 25.7. The molecular formula is C35H22Br2N6O11S3. The van der Waals surface area contributed by atoms with Crippen LogP contribution < -0.4 is 10.1 Å². The highest BCUT2D eigenvalue weighted by Crippen LogP contribution is 2.47. The van der Waals surface area contributed by atoms with E-state index in [1.54, 1.807) is 30.3 Å². The monoisotopic (exact) mass is 956 g/mol. The van der Waals surface area contributed by atoms with Gasteiger partial charge in [0, 0.05) is 42.5 Å². The molecule has 0 spiro atoms. The first-order chi connectivity index (χ1) is 27.3. The van der Waals surface area contributed by atoms with Gasteiger partial charge in [-0.2, -0.15) is 13.1 Å². The SMILES string of the molecule is O=C(Nc1c(Br)cc(S(=O)(=O)O)cc1Br)c1cc(Oc2c(CSc3nnnn3-c3ccccc3)cc([N+](=O)[O-])c3ccccc23)c2c(SOOO)cccc2c1O. The van der Waals surface area contributed by atoms with Crippen molar-refractivity contribution in [1.29, 1.82) is 0 Å². The number of non-ortho nitro benzene ring substituents is 1. The summed E-state index contributed by atoms with van der Waals surface area (Å²) < 4.78 is 46.2. The number of benzene rings is 6. The standard InChI is InChI=1S/C35H22Br2N6O11S3/c36-25-14-20(57(49,50)51)15-26(37)31(25)38-34(45)24-16-28(30-23(32(24)44)11-6-12-29(30)56-54-53-48)52-33-18(13-27(43(46)47)21-9-4-5-10-22(21)33)17-55-35-39-40-41-42(35)19-7-2-1-3-8-19/h1-16,44,48H,17H2,(H,38,45)(H,49,50,51). The number of phenolic OH excluding ortho intramolecular Hbond substituents is 1. The number of fused-ring (bicyclic) bond motifs is 2. The molecule has 0 saturated carbocycles. The normalized spacial score (nSPS) is 11.6. The molecule has 0 saturated heterocycles. The van der Waals surface area contributed by atoms with Gasteiger partial charge in [0.2, 0.25) is 5.16 Å². The third-order valence-electron chi connectivity index (χ3n) is 8.27. The third kappa shape index (κ3) is 8.30. The van der Waals surface area contributed by atoms with E-state index in [0.29, 0.717) is 33.8 Å². The number of hydrogen-bond acceptors (Lipinski definition) is 15. The van der Waals surface area contributed by atoms with E-state index in [2.05, 4.69) is 57.7 Å². The van der Waals surface area contributed by atoms with Gasteiger partial charge < -0.3 is 15.2 Å². The largest absolute Gasteiger partial charge is 0.506 e. The molecule has 22 heteroatoms. The fraction of sp³-hybridized carbons (Fsp3) is 0.0286. The quantitative estimate of drug-likeness (QED) is 0.0210. The molecule has 7 rings (SSSR count). The smallest absolute Gasteiger partial charge is 0.294 e. The third-order valence-corrected chi connectivity index (χ3v) is 12.0. The Balaban J connectivity index is 1.38. The zero-order chi connectivity index (χ0) is 40.4. The number of rotatable bonds is 13. The van der Waals surface area contributed by atoms with Crippen LogP contribution in [0.25, 0.3) is 27.2 Å². The molecule has 1 aromatic heterocycles. The molecule has 57 heavy (non-hydrogen) atoms. The first-order valence-corrected chi connectivity index (χ1v) is 20.7. The van der Waals surface area contributed by atoms with Gasteiger partial charge in [-0.1, -0.05) is 65.3 Å².